The van der Waals surface area contributed by atoms with E-state index in [1.807, 2.05) is 13.1 Å². The van der Waals surface area contributed by atoms with Crippen molar-refractivity contribution in [2.75, 3.05) is 64.1 Å². The quantitative estimate of drug-likeness (QED) is 0.818. The van der Waals surface area contributed by atoms with Crippen LogP contribution < -0.4 is 10.2 Å². The lowest BCUT2D eigenvalue weighted by atomic mass is 10.3. The number of amides is 1. The van der Waals surface area contributed by atoms with Gasteiger partial charge in [-0.25, -0.2) is 9.97 Å². The lowest BCUT2D eigenvalue weighted by Crippen LogP contribution is -2.49. The van der Waals surface area contributed by atoms with Crippen LogP contribution in [0.25, 0.3) is 0 Å². The van der Waals surface area contributed by atoms with Crippen molar-refractivity contribution < 1.29 is 4.79 Å². The van der Waals surface area contributed by atoms with Crippen LogP contribution in [0.15, 0.2) is 12.4 Å². The van der Waals surface area contributed by atoms with Crippen molar-refractivity contribution in [1.82, 2.24) is 19.8 Å². The average molecular weight is 278 g/mol. The molecule has 0 saturated carbocycles. The Kier molecular flexibility index (Phi) is 4.73. The van der Waals surface area contributed by atoms with E-state index in [0.717, 1.165) is 37.8 Å². The van der Waals surface area contributed by atoms with Gasteiger partial charge in [-0.1, -0.05) is 0 Å². The van der Waals surface area contributed by atoms with Crippen molar-refractivity contribution in [2.45, 2.75) is 0 Å². The third-order valence-electron chi connectivity index (χ3n) is 3.46. The number of likely N-dealkylation sites (N-methyl/N-ethyl adjacent to an activating group) is 1. The van der Waals surface area contributed by atoms with E-state index in [1.54, 1.807) is 25.3 Å². The molecule has 1 amide bonds. The van der Waals surface area contributed by atoms with Gasteiger partial charge >= 0.3 is 0 Å². The minimum atomic E-state index is 0.151. The number of nitrogens with zero attached hydrogens (tertiary/aromatic N) is 5. The minimum absolute atomic E-state index is 0.151. The Hall–Kier alpha value is -1.89. The molecule has 20 heavy (non-hydrogen) atoms. The number of hydrogen-bond donors (Lipinski definition) is 1. The van der Waals surface area contributed by atoms with Gasteiger partial charge in [0.2, 0.25) is 5.91 Å². The van der Waals surface area contributed by atoms with Crippen LogP contribution in [0, 0.1) is 0 Å². The summed E-state index contributed by atoms with van der Waals surface area (Å²) < 4.78 is 0. The predicted octanol–water partition coefficient (Wildman–Crippen LogP) is -0.271. The molecule has 0 bridgehead atoms. The molecule has 1 aliphatic heterocycles. The third-order valence-corrected chi connectivity index (χ3v) is 3.46. The van der Waals surface area contributed by atoms with Gasteiger partial charge in [-0.05, 0) is 0 Å². The molecule has 1 fully saturated rings. The molecule has 1 aromatic heterocycles. The number of piperazine rings is 1. The Morgan fingerprint density at radius 3 is 2.60 bits per heavy atom. The minimum Gasteiger partial charge on any atom is -0.373 e. The topological polar surface area (TPSA) is 64.6 Å². The van der Waals surface area contributed by atoms with Crippen molar-refractivity contribution in [3.8, 4) is 0 Å². The molecule has 7 nitrogen and oxygen atoms in total. The summed E-state index contributed by atoms with van der Waals surface area (Å²) in [7, 11) is 5.43. The lowest BCUT2D eigenvalue weighted by molar-refractivity contribution is -0.129. The lowest BCUT2D eigenvalue weighted by Gasteiger charge is -2.35. The Bertz CT molecular complexity index is 456. The van der Waals surface area contributed by atoms with Crippen molar-refractivity contribution >= 4 is 17.5 Å². The molecule has 1 N–H and O–H groups in total. The Morgan fingerprint density at radius 2 is 2.00 bits per heavy atom. The van der Waals surface area contributed by atoms with E-state index >= 15 is 0 Å². The first-order valence-electron chi connectivity index (χ1n) is 6.77. The largest absolute Gasteiger partial charge is 0.373 e. The molecular weight excluding hydrogens is 256 g/mol. The van der Waals surface area contributed by atoms with Crippen LogP contribution >= 0.6 is 0 Å². The maximum absolute atomic E-state index is 11.7. The highest BCUT2D eigenvalue weighted by Crippen LogP contribution is 2.15. The fourth-order valence-electron chi connectivity index (χ4n) is 2.12. The number of anilines is 2. The first kappa shape index (κ1) is 14.5. The fraction of sp³-hybridized carbons (Fsp3) is 0.615. The van der Waals surface area contributed by atoms with Crippen molar-refractivity contribution in [3.63, 3.8) is 0 Å². The molecule has 0 aromatic carbocycles. The molecule has 7 heteroatoms. The smallest absolute Gasteiger partial charge is 0.236 e. The van der Waals surface area contributed by atoms with E-state index in [1.165, 1.54) is 0 Å². The molecule has 0 aliphatic carbocycles. The molecule has 0 atom stereocenters. The monoisotopic (exact) mass is 278 g/mol. The van der Waals surface area contributed by atoms with Gasteiger partial charge in [0.25, 0.3) is 0 Å². The SMILES string of the molecule is CNc1cc(N2CCN(CC(=O)N(C)C)CC2)ncn1. The summed E-state index contributed by atoms with van der Waals surface area (Å²) in [6, 6.07) is 1.95. The van der Waals surface area contributed by atoms with E-state index in [-0.39, 0.29) is 5.91 Å². The van der Waals surface area contributed by atoms with Crippen LogP contribution in [0.3, 0.4) is 0 Å². The average Bonchev–Trinajstić information content (AvgIpc) is 2.48. The van der Waals surface area contributed by atoms with Crippen LogP contribution in [-0.2, 0) is 4.79 Å². The van der Waals surface area contributed by atoms with Crippen LogP contribution in [-0.4, -0.2) is 79.5 Å². The van der Waals surface area contributed by atoms with Gasteiger partial charge in [-0.3, -0.25) is 9.69 Å². The molecule has 1 aliphatic rings. The normalized spacial score (nSPS) is 16.1. The van der Waals surface area contributed by atoms with Crippen molar-refractivity contribution in [2.24, 2.45) is 0 Å². The second kappa shape index (κ2) is 6.51. The van der Waals surface area contributed by atoms with E-state index in [9.17, 15) is 4.79 Å². The molecule has 2 rings (SSSR count). The number of carbonyl (C=O) groups is 1. The highest BCUT2D eigenvalue weighted by atomic mass is 16.2. The van der Waals surface area contributed by atoms with Gasteiger partial charge in [0.15, 0.2) is 0 Å². The molecule has 2 heterocycles. The number of aromatic nitrogens is 2. The first-order valence-corrected chi connectivity index (χ1v) is 6.77. The van der Waals surface area contributed by atoms with Gasteiger partial charge in [-0.15, -0.1) is 0 Å². The highest BCUT2D eigenvalue weighted by Gasteiger charge is 2.20. The summed E-state index contributed by atoms with van der Waals surface area (Å²) in [5.41, 5.74) is 0. The van der Waals surface area contributed by atoms with Crippen LogP contribution in [0.4, 0.5) is 11.6 Å². The second-order valence-electron chi connectivity index (χ2n) is 5.06. The van der Waals surface area contributed by atoms with E-state index < -0.39 is 0 Å². The number of rotatable bonds is 4. The summed E-state index contributed by atoms with van der Waals surface area (Å²) in [6.45, 7) is 3.99. The fourth-order valence-corrected chi connectivity index (χ4v) is 2.12. The number of carbonyl (C=O) groups excluding carboxylic acids is 1. The van der Waals surface area contributed by atoms with E-state index in [0.29, 0.717) is 6.54 Å². The van der Waals surface area contributed by atoms with Crippen molar-refractivity contribution in [1.29, 1.82) is 0 Å². The number of nitrogens with one attached hydrogen (secondary N) is 1. The zero-order chi connectivity index (χ0) is 14.5. The molecule has 0 unspecified atom stereocenters. The van der Waals surface area contributed by atoms with E-state index in [4.69, 9.17) is 0 Å². The molecular formula is C13H22N6O. The zero-order valence-corrected chi connectivity index (χ0v) is 12.3. The zero-order valence-electron chi connectivity index (χ0n) is 12.3. The molecule has 1 saturated heterocycles. The second-order valence-corrected chi connectivity index (χ2v) is 5.06. The van der Waals surface area contributed by atoms with Crippen LogP contribution in [0.1, 0.15) is 0 Å². The predicted molar refractivity (Wildman–Crippen MR) is 78.9 cm³/mol. The Morgan fingerprint density at radius 1 is 1.30 bits per heavy atom. The summed E-state index contributed by atoms with van der Waals surface area (Å²) in [5.74, 6) is 1.90. The molecule has 1 aromatic rings. The summed E-state index contributed by atoms with van der Waals surface area (Å²) in [5, 5.41) is 3.02. The third kappa shape index (κ3) is 3.57. The summed E-state index contributed by atoms with van der Waals surface area (Å²) >= 11 is 0. The standard InChI is InChI=1S/C13H22N6O/c1-14-11-8-12(16-10-15-11)19-6-4-18(5-7-19)9-13(20)17(2)3/h8,10H,4-7,9H2,1-3H3,(H,14,15,16). The molecule has 110 valence electrons. The Balaban J connectivity index is 1.89. The molecule has 0 radical (unpaired) electrons. The van der Waals surface area contributed by atoms with Crippen molar-refractivity contribution in [3.05, 3.63) is 12.4 Å². The first-order chi connectivity index (χ1) is 9.60. The van der Waals surface area contributed by atoms with Gasteiger partial charge in [0, 0.05) is 53.4 Å². The van der Waals surface area contributed by atoms with Crippen LogP contribution in [0.5, 0.6) is 0 Å². The van der Waals surface area contributed by atoms with E-state index in [2.05, 4.69) is 25.1 Å². The maximum Gasteiger partial charge on any atom is 0.236 e. The summed E-state index contributed by atoms with van der Waals surface area (Å²) in [4.78, 5) is 26.1. The van der Waals surface area contributed by atoms with Gasteiger partial charge < -0.3 is 15.1 Å². The van der Waals surface area contributed by atoms with Gasteiger partial charge in [0.1, 0.15) is 18.0 Å². The van der Waals surface area contributed by atoms with Gasteiger partial charge in [-0.2, -0.15) is 0 Å². The highest BCUT2D eigenvalue weighted by molar-refractivity contribution is 5.77. The number of hydrogen-bond acceptors (Lipinski definition) is 6. The maximum atomic E-state index is 11.7. The van der Waals surface area contributed by atoms with Gasteiger partial charge in [0.05, 0.1) is 6.54 Å². The summed E-state index contributed by atoms with van der Waals surface area (Å²) in [6.07, 6.45) is 1.57. The van der Waals surface area contributed by atoms with Crippen LogP contribution in [0.2, 0.25) is 0 Å². The molecule has 0 spiro atoms. The Labute approximate surface area is 119 Å².